The van der Waals surface area contributed by atoms with Gasteiger partial charge in [-0.25, -0.2) is 9.59 Å². The van der Waals surface area contributed by atoms with Crippen molar-refractivity contribution in [2.45, 2.75) is 157 Å². The molecular formula is C56H68Br2O4S6Si. The smallest absolute Gasteiger partial charge is 0.348 e. The molecule has 0 bridgehead atoms. The van der Waals surface area contributed by atoms with Gasteiger partial charge in [-0.15, -0.1) is 74.4 Å². The van der Waals surface area contributed by atoms with Crippen LogP contribution in [-0.2, 0) is 9.47 Å². The number of unbranched alkanes of at least 4 members (excludes halogenated alkanes) is 4. The maximum Gasteiger partial charge on any atom is 0.348 e. The van der Waals surface area contributed by atoms with Gasteiger partial charge in [0.05, 0.1) is 39.3 Å². The fraction of sp³-hybridized carbons (Fsp3) is 0.536. The minimum atomic E-state index is -2.35. The van der Waals surface area contributed by atoms with E-state index in [4.69, 9.17) is 15.9 Å². The molecule has 6 aromatic rings. The molecule has 7 rings (SSSR count). The molecule has 6 aromatic heterocycles. The fourth-order valence-electron chi connectivity index (χ4n) is 10.1. The molecule has 1 aliphatic heterocycles. The lowest BCUT2D eigenvalue weighted by Gasteiger charge is -2.35. The first-order valence-corrected chi connectivity index (χ1v) is 34.4. The van der Waals surface area contributed by atoms with Gasteiger partial charge in [0.25, 0.3) is 0 Å². The van der Waals surface area contributed by atoms with Crippen molar-refractivity contribution in [1.29, 1.82) is 0 Å². The van der Waals surface area contributed by atoms with Crippen molar-refractivity contribution >= 4 is 150 Å². The zero-order valence-corrected chi connectivity index (χ0v) is 50.5. The zero-order valence-electron chi connectivity index (χ0n) is 41.5. The Labute approximate surface area is 454 Å². The molecule has 0 saturated carbocycles. The summed E-state index contributed by atoms with van der Waals surface area (Å²) in [5.74, 6) is 9.44. The van der Waals surface area contributed by atoms with Crippen LogP contribution in [0.1, 0.15) is 164 Å². The molecule has 370 valence electrons. The van der Waals surface area contributed by atoms with Crippen LogP contribution >= 0.6 is 99.9 Å². The number of halogens is 2. The van der Waals surface area contributed by atoms with E-state index in [2.05, 4.69) is 116 Å². The summed E-state index contributed by atoms with van der Waals surface area (Å²) in [5.41, 5.74) is 0. The molecule has 4 unspecified atom stereocenters. The summed E-state index contributed by atoms with van der Waals surface area (Å²) in [4.78, 5) is 36.6. The van der Waals surface area contributed by atoms with Gasteiger partial charge in [0.15, 0.2) is 0 Å². The number of thiophene rings is 6. The minimum Gasteiger partial charge on any atom is -0.461 e. The van der Waals surface area contributed by atoms with Gasteiger partial charge in [-0.3, -0.25) is 0 Å². The highest BCUT2D eigenvalue weighted by atomic mass is 79.9. The zero-order chi connectivity index (χ0) is 49.2. The maximum atomic E-state index is 13.7. The van der Waals surface area contributed by atoms with E-state index in [0.717, 1.165) is 68.0 Å². The van der Waals surface area contributed by atoms with Gasteiger partial charge in [-0.2, -0.15) is 0 Å². The normalized spacial score (nSPS) is 15.9. The number of terminal acetylenes is 1. The Morgan fingerprint density at radius 1 is 0.580 bits per heavy atom. The molecule has 7 heterocycles. The molecule has 0 radical (unpaired) electrons. The van der Waals surface area contributed by atoms with E-state index < -0.39 is 8.07 Å². The predicted octanol–water partition coefficient (Wildman–Crippen LogP) is 19.2. The molecule has 0 spiro atoms. The van der Waals surface area contributed by atoms with Crippen LogP contribution < -0.4 is 10.4 Å². The van der Waals surface area contributed by atoms with Gasteiger partial charge in [0.1, 0.15) is 24.4 Å². The first kappa shape index (κ1) is 54.7. The van der Waals surface area contributed by atoms with Crippen molar-refractivity contribution in [3.05, 3.63) is 41.6 Å². The average Bonchev–Trinajstić information content (AvgIpc) is 4.23. The Bertz CT molecular complexity index is 2780. The highest BCUT2D eigenvalue weighted by Gasteiger charge is 2.50. The molecule has 69 heavy (non-hydrogen) atoms. The molecule has 0 saturated heterocycles. The van der Waals surface area contributed by atoms with Crippen molar-refractivity contribution in [2.75, 3.05) is 13.2 Å². The molecular weight excluding hydrogens is 1120 g/mol. The molecule has 0 N–H and O–H groups in total. The third-order valence-electron chi connectivity index (χ3n) is 14.3. The second kappa shape index (κ2) is 25.8. The predicted molar refractivity (Wildman–Crippen MR) is 315 cm³/mol. The van der Waals surface area contributed by atoms with E-state index in [1.54, 1.807) is 44.4 Å². The van der Waals surface area contributed by atoms with E-state index in [0.29, 0.717) is 34.1 Å². The highest BCUT2D eigenvalue weighted by Crippen LogP contribution is 2.55. The summed E-state index contributed by atoms with van der Waals surface area (Å²) in [6, 6.07) is 11.9. The van der Waals surface area contributed by atoms with Crippen LogP contribution in [0.4, 0.5) is 0 Å². The van der Waals surface area contributed by atoms with Gasteiger partial charge in [-0.1, -0.05) is 138 Å². The molecule has 0 amide bonds. The second-order valence-electron chi connectivity index (χ2n) is 19.0. The fourth-order valence-corrected chi connectivity index (χ4v) is 27.2. The van der Waals surface area contributed by atoms with Gasteiger partial charge >= 0.3 is 11.9 Å². The highest BCUT2D eigenvalue weighted by molar-refractivity contribution is 9.11. The van der Waals surface area contributed by atoms with Crippen LogP contribution in [0, 0.1) is 47.9 Å². The number of rotatable bonds is 27. The van der Waals surface area contributed by atoms with Gasteiger partial charge < -0.3 is 9.47 Å². The van der Waals surface area contributed by atoms with Crippen LogP contribution in [0.5, 0.6) is 0 Å². The SMILES string of the molecule is C#CC#CC(CCCC)COC(=O)c1cc2c(Br)sc(-c3cc4c(s3)-c3sc(-c5sc(Br)c6cc(C(=O)OCC(CC)CCCC)sc56)cc3[Si]4(CC(CC)CCCC)CC(CC)CCCC)c2s1. The standard InChI is InChI=1S/C56H68Br2O4S6Si/c1-9-17-22-35(14-6)31-61-55(59)43-27-39-47(65-43)49(67-53(39)57)41-29-45-51(63-41)52-46(69(45,33-36(15-7)23-18-10-2)34-37(16-8)24-19-11-3)30-42(64-52)50-48-40(54(58)68-50)28-44(66-48)56(60)62-32-38(25-20-12-4)26-21-13-5/h4,27-30,35-38H,9-11,13-19,21-24,26,31-34H2,1-3,5-8H3. The summed E-state index contributed by atoms with van der Waals surface area (Å²) < 4.78 is 16.3. The molecule has 4 atom stereocenters. The van der Waals surface area contributed by atoms with Crippen LogP contribution in [-0.4, -0.2) is 33.2 Å². The number of fused-ring (bicyclic) bond motifs is 5. The first-order valence-electron chi connectivity index (χ1n) is 25.5. The van der Waals surface area contributed by atoms with E-state index in [1.807, 2.05) is 40.1 Å². The molecule has 1 aliphatic rings. The topological polar surface area (TPSA) is 52.6 Å². The van der Waals surface area contributed by atoms with E-state index in [-0.39, 0.29) is 24.5 Å². The largest absolute Gasteiger partial charge is 0.461 e. The van der Waals surface area contributed by atoms with Crippen LogP contribution in [0.15, 0.2) is 31.8 Å². The first-order chi connectivity index (χ1) is 33.5. The summed E-state index contributed by atoms with van der Waals surface area (Å²) in [5, 5.41) is 5.47. The number of ether oxygens (including phenoxy) is 2. The van der Waals surface area contributed by atoms with Gasteiger partial charge in [0.2, 0.25) is 0 Å². The van der Waals surface area contributed by atoms with Crippen LogP contribution in [0.3, 0.4) is 0 Å². The lowest BCUT2D eigenvalue weighted by molar-refractivity contribution is 0.0432. The number of carbonyl (C=O) groups is 2. The molecule has 13 heteroatoms. The van der Waals surface area contributed by atoms with Crippen LogP contribution in [0.25, 0.3) is 49.4 Å². The van der Waals surface area contributed by atoms with Crippen molar-refractivity contribution in [1.82, 2.24) is 0 Å². The van der Waals surface area contributed by atoms with E-state index in [9.17, 15) is 9.59 Å². The number of hydrogen-bond donors (Lipinski definition) is 0. The third-order valence-corrected chi connectivity index (χ3v) is 29.2. The quantitative estimate of drug-likeness (QED) is 0.0293. The second-order valence-corrected chi connectivity index (χ2v) is 32.0. The molecule has 4 nitrogen and oxygen atoms in total. The molecule has 0 fully saturated rings. The molecule has 0 aliphatic carbocycles. The number of carbonyl (C=O) groups excluding carboxylic acids is 2. The van der Waals surface area contributed by atoms with E-state index in [1.165, 1.54) is 97.4 Å². The lowest BCUT2D eigenvalue weighted by atomic mass is 10.0. The third kappa shape index (κ3) is 12.3. The Hall–Kier alpha value is -2.04. The van der Waals surface area contributed by atoms with Crippen molar-refractivity contribution < 1.29 is 19.1 Å². The van der Waals surface area contributed by atoms with Crippen molar-refractivity contribution in [3.8, 4) is 53.4 Å². The summed E-state index contributed by atoms with van der Waals surface area (Å²) in [6.45, 7) is 16.8. The minimum absolute atomic E-state index is 0.0745. The van der Waals surface area contributed by atoms with Gasteiger partial charge in [0, 0.05) is 30.3 Å². The summed E-state index contributed by atoms with van der Waals surface area (Å²) in [7, 11) is -2.35. The Morgan fingerprint density at radius 2 is 1.01 bits per heavy atom. The van der Waals surface area contributed by atoms with E-state index >= 15 is 0 Å². The Morgan fingerprint density at radius 3 is 1.45 bits per heavy atom. The average molecular weight is 1190 g/mol. The number of esters is 2. The Balaban J connectivity index is 1.31. The molecule has 0 aromatic carbocycles. The summed E-state index contributed by atoms with van der Waals surface area (Å²) in [6.07, 6.45) is 22.7. The number of hydrogen-bond acceptors (Lipinski definition) is 10. The monoisotopic (exact) mass is 1180 g/mol. The van der Waals surface area contributed by atoms with Gasteiger partial charge in [-0.05, 0) is 121 Å². The lowest BCUT2D eigenvalue weighted by Crippen LogP contribution is -2.56. The van der Waals surface area contributed by atoms with Crippen LogP contribution in [0.2, 0.25) is 12.1 Å². The van der Waals surface area contributed by atoms with Crippen molar-refractivity contribution in [2.24, 2.45) is 23.7 Å². The van der Waals surface area contributed by atoms with Crippen molar-refractivity contribution in [3.63, 3.8) is 0 Å². The maximum absolute atomic E-state index is 13.7. The summed E-state index contributed by atoms with van der Waals surface area (Å²) >= 11 is 18.6. The Kier molecular flexibility index (Phi) is 20.4.